The topological polar surface area (TPSA) is 26.0 Å². The molecule has 0 aromatic rings. The van der Waals surface area contributed by atoms with Gasteiger partial charge in [-0.25, -0.2) is 0 Å². The second-order valence-corrected chi connectivity index (χ2v) is 8.98. The second-order valence-electron chi connectivity index (χ2n) is 8.60. The quantitative estimate of drug-likeness (QED) is 0.132. The summed E-state index contributed by atoms with van der Waals surface area (Å²) in [6.45, 7) is 4.57. The highest BCUT2D eigenvalue weighted by Gasteiger charge is 2.23. The minimum atomic E-state index is 0. The summed E-state index contributed by atoms with van der Waals surface area (Å²) >= 11 is 5.94. The Labute approximate surface area is 187 Å². The van der Waals surface area contributed by atoms with Crippen molar-refractivity contribution < 1.29 is 0 Å². The van der Waals surface area contributed by atoms with Crippen LogP contribution in [-0.2, 0) is 0 Å². The van der Waals surface area contributed by atoms with Crippen LogP contribution >= 0.6 is 28.6 Å². The van der Waals surface area contributed by atoms with E-state index in [4.69, 9.17) is 17.3 Å². The lowest BCUT2D eigenvalue weighted by atomic mass is 9.83. The van der Waals surface area contributed by atoms with E-state index in [0.717, 1.165) is 18.7 Å². The molecule has 1 nitrogen and oxygen atoms in total. The van der Waals surface area contributed by atoms with Gasteiger partial charge < -0.3 is 5.73 Å². The molecular formula is C24H51BrClN. The Balaban J connectivity index is 0. The summed E-state index contributed by atoms with van der Waals surface area (Å²) in [6.07, 6.45) is 26.7. The van der Waals surface area contributed by atoms with Crippen LogP contribution in [0.5, 0.6) is 0 Å². The third kappa shape index (κ3) is 21.3. The van der Waals surface area contributed by atoms with E-state index in [0.29, 0.717) is 0 Å². The first-order valence-corrected chi connectivity index (χ1v) is 12.6. The van der Waals surface area contributed by atoms with E-state index in [-0.39, 0.29) is 22.5 Å². The first-order valence-electron chi connectivity index (χ1n) is 12.0. The first kappa shape index (κ1) is 29.9. The molecular weight excluding hydrogens is 418 g/mol. The van der Waals surface area contributed by atoms with E-state index in [1.54, 1.807) is 0 Å². The van der Waals surface area contributed by atoms with Crippen molar-refractivity contribution in [3.8, 4) is 0 Å². The molecule has 0 fully saturated rings. The monoisotopic (exact) mass is 467 g/mol. The zero-order chi connectivity index (χ0) is 19.3. The maximum Gasteiger partial charge on any atom is 0.0224 e. The number of alkyl halides is 1. The standard InChI is InChI=1S/C24H50ClN.BrH/c1-3-5-7-9-11-13-15-17-20-24(26,22-19-23-25)21-18-16-14-12-10-8-6-4-2;/h3-23,26H2,1-2H3;1H. The smallest absolute Gasteiger partial charge is 0.0224 e. The maximum absolute atomic E-state index is 6.79. The van der Waals surface area contributed by atoms with E-state index in [1.807, 2.05) is 0 Å². The van der Waals surface area contributed by atoms with Gasteiger partial charge in [0.15, 0.2) is 0 Å². The van der Waals surface area contributed by atoms with Crippen molar-refractivity contribution in [2.75, 3.05) is 5.88 Å². The molecule has 0 heterocycles. The van der Waals surface area contributed by atoms with Gasteiger partial charge in [0.1, 0.15) is 0 Å². The van der Waals surface area contributed by atoms with Crippen LogP contribution in [0.4, 0.5) is 0 Å². The number of rotatable bonds is 21. The van der Waals surface area contributed by atoms with E-state index >= 15 is 0 Å². The molecule has 2 N–H and O–H groups in total. The second kappa shape index (κ2) is 23.0. The highest BCUT2D eigenvalue weighted by molar-refractivity contribution is 8.93. The van der Waals surface area contributed by atoms with Gasteiger partial charge in [0.25, 0.3) is 0 Å². The van der Waals surface area contributed by atoms with Gasteiger partial charge in [-0.1, -0.05) is 117 Å². The summed E-state index contributed by atoms with van der Waals surface area (Å²) in [5.74, 6) is 0.758. The van der Waals surface area contributed by atoms with Crippen LogP contribution in [0.3, 0.4) is 0 Å². The molecule has 0 amide bonds. The predicted octanol–water partition coefficient (Wildman–Crippen LogP) is 9.34. The minimum absolute atomic E-state index is 0. The molecule has 0 radical (unpaired) electrons. The maximum atomic E-state index is 6.79. The lowest BCUT2D eigenvalue weighted by Gasteiger charge is -2.30. The van der Waals surface area contributed by atoms with E-state index in [9.17, 15) is 0 Å². The number of nitrogens with two attached hydrogens (primary N) is 1. The van der Waals surface area contributed by atoms with Crippen LogP contribution in [-0.4, -0.2) is 11.4 Å². The minimum Gasteiger partial charge on any atom is -0.325 e. The van der Waals surface area contributed by atoms with Gasteiger partial charge in [0.05, 0.1) is 0 Å². The SMILES string of the molecule is Br.CCCCCCCCCCC(N)(CCCCl)CCCCCCCCCC. The highest BCUT2D eigenvalue weighted by Crippen LogP contribution is 2.26. The van der Waals surface area contributed by atoms with Crippen molar-refractivity contribution in [3.05, 3.63) is 0 Å². The lowest BCUT2D eigenvalue weighted by Crippen LogP contribution is -2.39. The molecule has 0 aromatic carbocycles. The summed E-state index contributed by atoms with van der Waals surface area (Å²) in [7, 11) is 0. The molecule has 27 heavy (non-hydrogen) atoms. The van der Waals surface area contributed by atoms with Crippen molar-refractivity contribution in [3.63, 3.8) is 0 Å². The molecule has 0 aliphatic heterocycles. The Kier molecular flexibility index (Phi) is 25.5. The predicted molar refractivity (Wildman–Crippen MR) is 132 cm³/mol. The number of hydrogen-bond acceptors (Lipinski definition) is 1. The highest BCUT2D eigenvalue weighted by atomic mass is 79.9. The Hall–Kier alpha value is 0.730. The van der Waals surface area contributed by atoms with Crippen molar-refractivity contribution in [1.29, 1.82) is 0 Å². The van der Waals surface area contributed by atoms with Crippen LogP contribution in [0.1, 0.15) is 142 Å². The third-order valence-electron chi connectivity index (χ3n) is 5.86. The molecule has 0 spiro atoms. The first-order chi connectivity index (χ1) is 12.7. The zero-order valence-corrected chi connectivity index (χ0v) is 21.2. The molecule has 0 bridgehead atoms. The van der Waals surface area contributed by atoms with Crippen LogP contribution in [0.15, 0.2) is 0 Å². The molecule has 0 aromatic heterocycles. The van der Waals surface area contributed by atoms with Gasteiger partial charge >= 0.3 is 0 Å². The van der Waals surface area contributed by atoms with Gasteiger partial charge in [-0.3, -0.25) is 0 Å². The van der Waals surface area contributed by atoms with Crippen molar-refractivity contribution in [2.24, 2.45) is 5.73 Å². The fourth-order valence-corrected chi connectivity index (χ4v) is 4.15. The lowest BCUT2D eigenvalue weighted by molar-refractivity contribution is 0.311. The average Bonchev–Trinajstić information content (AvgIpc) is 2.64. The Bertz CT molecular complexity index is 253. The van der Waals surface area contributed by atoms with Gasteiger partial charge in [-0.15, -0.1) is 28.6 Å². The van der Waals surface area contributed by atoms with E-state index < -0.39 is 0 Å². The van der Waals surface area contributed by atoms with Gasteiger partial charge in [0.2, 0.25) is 0 Å². The van der Waals surface area contributed by atoms with Gasteiger partial charge in [-0.05, 0) is 25.7 Å². The summed E-state index contributed by atoms with van der Waals surface area (Å²) in [5, 5.41) is 0. The van der Waals surface area contributed by atoms with Gasteiger partial charge in [-0.2, -0.15) is 0 Å². The molecule has 0 aliphatic carbocycles. The van der Waals surface area contributed by atoms with Crippen molar-refractivity contribution in [2.45, 2.75) is 148 Å². The Morgan fingerprint density at radius 1 is 0.519 bits per heavy atom. The van der Waals surface area contributed by atoms with Crippen LogP contribution in [0.2, 0.25) is 0 Å². The summed E-state index contributed by atoms with van der Waals surface area (Å²) in [4.78, 5) is 0. The number of hydrogen-bond donors (Lipinski definition) is 1. The summed E-state index contributed by atoms with van der Waals surface area (Å²) in [5.41, 5.74) is 6.84. The third-order valence-corrected chi connectivity index (χ3v) is 6.13. The van der Waals surface area contributed by atoms with Crippen LogP contribution in [0, 0.1) is 0 Å². The fraction of sp³-hybridized carbons (Fsp3) is 1.00. The Morgan fingerprint density at radius 3 is 1.15 bits per heavy atom. The van der Waals surface area contributed by atoms with E-state index in [1.165, 1.54) is 116 Å². The van der Waals surface area contributed by atoms with Crippen molar-refractivity contribution in [1.82, 2.24) is 0 Å². The van der Waals surface area contributed by atoms with Gasteiger partial charge in [0, 0.05) is 11.4 Å². The zero-order valence-electron chi connectivity index (χ0n) is 18.7. The average molecular weight is 469 g/mol. The van der Waals surface area contributed by atoms with Crippen molar-refractivity contribution >= 4 is 28.6 Å². The molecule has 3 heteroatoms. The molecule has 0 saturated heterocycles. The summed E-state index contributed by atoms with van der Waals surface area (Å²) < 4.78 is 0. The molecule has 0 aliphatic rings. The normalized spacial score (nSPS) is 11.6. The number of halogens is 2. The molecule has 0 rings (SSSR count). The largest absolute Gasteiger partial charge is 0.325 e. The molecule has 0 unspecified atom stereocenters. The van der Waals surface area contributed by atoms with Crippen LogP contribution in [0.25, 0.3) is 0 Å². The Morgan fingerprint density at radius 2 is 0.815 bits per heavy atom. The molecule has 0 saturated carbocycles. The fourth-order valence-electron chi connectivity index (χ4n) is 4.02. The summed E-state index contributed by atoms with van der Waals surface area (Å²) in [6, 6.07) is 0. The molecule has 0 atom stereocenters. The number of unbranched alkanes of at least 4 members (excludes halogenated alkanes) is 14. The van der Waals surface area contributed by atoms with Crippen LogP contribution < -0.4 is 5.73 Å². The van der Waals surface area contributed by atoms with E-state index in [2.05, 4.69) is 13.8 Å². The molecule has 166 valence electrons.